The van der Waals surface area contributed by atoms with E-state index in [1.165, 1.54) is 16.3 Å². The molecule has 45 heavy (non-hydrogen) atoms. The molecule has 1 aliphatic heterocycles. The summed E-state index contributed by atoms with van der Waals surface area (Å²) < 4.78 is 2.26. The fraction of sp³-hybridized carbons (Fsp3) is 0.256. The molecule has 0 saturated heterocycles. The van der Waals surface area contributed by atoms with Gasteiger partial charge in [-0.25, -0.2) is 4.98 Å². The molecule has 1 N–H and O–H groups in total. The van der Waals surface area contributed by atoms with Crippen LogP contribution in [0.15, 0.2) is 97.2 Å². The first kappa shape index (κ1) is 31.1. The van der Waals surface area contributed by atoms with Crippen molar-refractivity contribution in [1.29, 1.82) is 0 Å². The van der Waals surface area contributed by atoms with Crippen LogP contribution in [0, 0.1) is 12.1 Å². The molecule has 232 valence electrons. The van der Waals surface area contributed by atoms with E-state index in [-0.39, 0.29) is 32.0 Å². The largest absolute Gasteiger partial charge is 0.319 e. The summed E-state index contributed by atoms with van der Waals surface area (Å²) in [6, 6.07) is 39.7. The van der Waals surface area contributed by atoms with E-state index in [9.17, 15) is 0 Å². The molecule has 6 heteroatoms. The second kappa shape index (κ2) is 11.5. The van der Waals surface area contributed by atoms with Crippen molar-refractivity contribution in [2.24, 2.45) is 0 Å². The van der Waals surface area contributed by atoms with Gasteiger partial charge in [0.2, 0.25) is 0 Å². The van der Waals surface area contributed by atoms with Crippen molar-refractivity contribution in [3.8, 4) is 5.82 Å². The predicted octanol–water partition coefficient (Wildman–Crippen LogP) is 9.82. The molecular formula is C39H39N4OPt-. The molecule has 0 radical (unpaired) electrons. The molecular weight excluding hydrogens is 736 g/mol. The topological polar surface area (TPSA) is 37.1 Å². The van der Waals surface area contributed by atoms with E-state index in [4.69, 9.17) is 9.92 Å². The number of hydroxylamine groups is 1. The van der Waals surface area contributed by atoms with E-state index in [1.54, 1.807) is 0 Å². The Morgan fingerprint density at radius 2 is 1.44 bits per heavy atom. The van der Waals surface area contributed by atoms with Gasteiger partial charge in [0.15, 0.2) is 0 Å². The second-order valence-corrected chi connectivity index (χ2v) is 13.5. The summed E-state index contributed by atoms with van der Waals surface area (Å²) in [5, 5.41) is 6.48. The average Bonchev–Trinajstić information content (AvgIpc) is 3.58. The number of rotatable bonds is 5. The first-order valence-corrected chi connectivity index (χ1v) is 15.4. The predicted molar refractivity (Wildman–Crippen MR) is 182 cm³/mol. The summed E-state index contributed by atoms with van der Waals surface area (Å²) in [4.78, 5) is 9.87. The molecule has 0 fully saturated rings. The zero-order chi connectivity index (χ0) is 30.8. The SMILES string of the molecule is CC(C)c1ccnc(-n2c3[c-]c(C(C)(C)c4[c-]c(N5[OH+]N(C(C)(C)C)c6ccccc65)ccc4)ccc3c3ccccc32)c1.[Pt]. The Bertz CT molecular complexity index is 2020. The van der Waals surface area contributed by atoms with Gasteiger partial charge in [0.25, 0.3) is 0 Å². The Kier molecular flexibility index (Phi) is 7.91. The number of benzene rings is 4. The summed E-state index contributed by atoms with van der Waals surface area (Å²) >= 11 is 0. The van der Waals surface area contributed by atoms with Crippen LogP contribution in [-0.4, -0.2) is 20.0 Å². The third-order valence-corrected chi connectivity index (χ3v) is 8.76. The smallest absolute Gasteiger partial charge is 0.145 e. The van der Waals surface area contributed by atoms with Gasteiger partial charge in [-0.15, -0.1) is 27.6 Å². The fourth-order valence-electron chi connectivity index (χ4n) is 6.18. The van der Waals surface area contributed by atoms with Crippen LogP contribution in [-0.2, 0) is 26.5 Å². The van der Waals surface area contributed by atoms with E-state index in [2.05, 4.69) is 161 Å². The van der Waals surface area contributed by atoms with Gasteiger partial charge >= 0.3 is 0 Å². The van der Waals surface area contributed by atoms with Gasteiger partial charge in [0, 0.05) is 38.5 Å². The van der Waals surface area contributed by atoms with Crippen molar-refractivity contribution in [2.75, 3.05) is 10.1 Å². The standard InChI is InChI=1S/C39H38N4O.Pt/c1-26(2)27-21-22-40-37(23-27)41-33-16-9-8-15-31(33)32-20-19-29(25-36(32)41)39(6,7)28-13-12-14-30(24-28)42-34-17-10-11-18-35(34)43(44-42)38(3,4)5;/h8-23,26H,1-7H3;/q-2;/p+1. The second-order valence-electron chi connectivity index (χ2n) is 13.5. The Balaban J connectivity index is 0.00000357. The van der Waals surface area contributed by atoms with Gasteiger partial charge in [-0.1, -0.05) is 63.5 Å². The molecule has 1 aliphatic rings. The Morgan fingerprint density at radius 1 is 0.733 bits per heavy atom. The average molecular weight is 775 g/mol. The number of aromatic nitrogens is 2. The molecule has 0 atom stereocenters. The summed E-state index contributed by atoms with van der Waals surface area (Å²) in [7, 11) is 0. The first-order valence-electron chi connectivity index (χ1n) is 15.4. The van der Waals surface area contributed by atoms with Gasteiger partial charge in [0.1, 0.15) is 22.7 Å². The normalized spacial score (nSPS) is 13.5. The van der Waals surface area contributed by atoms with Gasteiger partial charge in [-0.2, -0.15) is 46.4 Å². The summed E-state index contributed by atoms with van der Waals surface area (Å²) in [6.07, 6.45) is 1.92. The molecule has 0 bridgehead atoms. The Morgan fingerprint density at radius 3 is 2.20 bits per heavy atom. The van der Waals surface area contributed by atoms with Gasteiger partial charge in [0.05, 0.1) is 0 Å². The molecule has 4 aromatic carbocycles. The van der Waals surface area contributed by atoms with Crippen LogP contribution in [0.3, 0.4) is 0 Å². The monoisotopic (exact) mass is 774 g/mol. The van der Waals surface area contributed by atoms with Gasteiger partial charge in [-0.3, -0.25) is 0 Å². The molecule has 0 aliphatic carbocycles. The third kappa shape index (κ3) is 5.26. The minimum absolute atomic E-state index is 0. The summed E-state index contributed by atoms with van der Waals surface area (Å²) in [5.74, 6) is 1.33. The molecule has 5 nitrogen and oxygen atoms in total. The van der Waals surface area contributed by atoms with Crippen LogP contribution >= 0.6 is 0 Å². The molecule has 3 heterocycles. The van der Waals surface area contributed by atoms with Crippen molar-refractivity contribution < 1.29 is 26.0 Å². The van der Waals surface area contributed by atoms with Crippen LogP contribution in [0.1, 0.15) is 71.1 Å². The van der Waals surface area contributed by atoms with E-state index in [0.29, 0.717) is 5.92 Å². The molecule has 0 saturated carbocycles. The van der Waals surface area contributed by atoms with E-state index in [1.807, 2.05) is 11.3 Å². The van der Waals surface area contributed by atoms with E-state index in [0.717, 1.165) is 45.0 Å². The summed E-state index contributed by atoms with van der Waals surface area (Å²) in [6.45, 7) is 15.5. The number of anilines is 3. The number of fused-ring (bicyclic) bond motifs is 4. The maximum absolute atomic E-state index is 5.04. The molecule has 2 aromatic heterocycles. The minimum atomic E-state index is -0.373. The third-order valence-electron chi connectivity index (χ3n) is 8.76. The first-order chi connectivity index (χ1) is 21.0. The van der Waals surface area contributed by atoms with Crippen molar-refractivity contribution in [3.05, 3.63) is 126 Å². The zero-order valence-corrected chi connectivity index (χ0v) is 29.1. The van der Waals surface area contributed by atoms with E-state index >= 15 is 0 Å². The molecule has 0 spiro atoms. The zero-order valence-electron chi connectivity index (χ0n) is 26.9. The molecule has 7 rings (SSSR count). The van der Waals surface area contributed by atoms with Gasteiger partial charge < -0.3 is 4.57 Å². The van der Waals surface area contributed by atoms with Crippen molar-refractivity contribution in [1.82, 2.24) is 9.55 Å². The van der Waals surface area contributed by atoms with Crippen LogP contribution in [0.4, 0.5) is 17.1 Å². The minimum Gasteiger partial charge on any atom is -0.319 e. The Hall–Kier alpha value is -3.92. The van der Waals surface area contributed by atoms with Crippen LogP contribution in [0.5, 0.6) is 0 Å². The van der Waals surface area contributed by atoms with Crippen LogP contribution in [0.2, 0.25) is 0 Å². The fourth-order valence-corrected chi connectivity index (χ4v) is 6.18. The van der Waals surface area contributed by atoms with Crippen LogP contribution in [0.25, 0.3) is 27.6 Å². The number of hydrogen-bond donors (Lipinski definition) is 0. The maximum atomic E-state index is 5.04. The maximum Gasteiger partial charge on any atom is 0.145 e. The van der Waals surface area contributed by atoms with Crippen LogP contribution < -0.4 is 10.1 Å². The van der Waals surface area contributed by atoms with Gasteiger partial charge in [-0.05, 0) is 73.4 Å². The van der Waals surface area contributed by atoms with Crippen molar-refractivity contribution in [3.63, 3.8) is 0 Å². The van der Waals surface area contributed by atoms with Crippen molar-refractivity contribution >= 4 is 38.9 Å². The number of hydrogen-bond acceptors (Lipinski definition) is 3. The molecule has 0 unspecified atom stereocenters. The summed E-state index contributed by atoms with van der Waals surface area (Å²) in [5.41, 5.74) is 8.14. The molecule has 0 amide bonds. The van der Waals surface area contributed by atoms with Crippen molar-refractivity contribution in [2.45, 2.75) is 65.3 Å². The Labute approximate surface area is 280 Å². The molecule has 6 aromatic rings. The van der Waals surface area contributed by atoms with E-state index < -0.39 is 0 Å². The number of para-hydroxylation sites is 3. The number of nitrogens with zero attached hydrogens (tertiary/aromatic N) is 4. The number of pyridine rings is 1. The quantitative estimate of drug-likeness (QED) is 0.129.